The molecule has 1 amide bonds. The smallest absolute Gasteiger partial charge is 0.390 e. The summed E-state index contributed by atoms with van der Waals surface area (Å²) in [6.45, 7) is 3.40. The molecule has 0 saturated carbocycles. The summed E-state index contributed by atoms with van der Waals surface area (Å²) in [5.74, 6) is -1.72. The lowest BCUT2D eigenvalue weighted by Crippen LogP contribution is -2.30. The summed E-state index contributed by atoms with van der Waals surface area (Å²) >= 11 is 0. The van der Waals surface area contributed by atoms with E-state index in [4.69, 9.17) is 10.5 Å². The highest BCUT2D eigenvalue weighted by molar-refractivity contribution is 7.87. The first-order valence-electron chi connectivity index (χ1n) is 32.9. The molecule has 0 bridgehead atoms. The largest absolute Gasteiger partial charge is 0.490 e. The number of fused-ring (bicyclic) bond motifs is 5. The van der Waals surface area contributed by atoms with Crippen LogP contribution in [0.5, 0.6) is 0 Å². The highest BCUT2D eigenvalue weighted by Gasteiger charge is 2.52. The number of benzene rings is 3. The first-order chi connectivity index (χ1) is 51.4. The van der Waals surface area contributed by atoms with Crippen LogP contribution in [0.1, 0.15) is 115 Å². The lowest BCUT2D eigenvalue weighted by Gasteiger charge is -2.30. The Morgan fingerprint density at radius 2 is 1.25 bits per heavy atom. The second kappa shape index (κ2) is 35.5. The van der Waals surface area contributed by atoms with Gasteiger partial charge in [-0.1, -0.05) is 43.9 Å². The normalized spacial score (nSPS) is 22.1. The van der Waals surface area contributed by atoms with Gasteiger partial charge in [0.1, 0.15) is 35.6 Å². The number of nitrogens with two attached hydrogens (primary N) is 1. The molecule has 1 fully saturated rings. The molecule has 8 rings (SSSR count). The number of aliphatic hydroxyl groups excluding tert-OH is 1. The monoisotopic (exact) mass is 1800 g/mol. The maximum absolute atomic E-state index is 13.0. The zero-order valence-corrected chi connectivity index (χ0v) is 68.3. The fraction of sp³-hybridized carbons (Fsp3) is 0.482. The number of unbranched alkanes of at least 4 members (excludes halogenated alkanes) is 5. The van der Waals surface area contributed by atoms with Gasteiger partial charge in [0.25, 0.3) is 50.6 Å². The maximum Gasteiger partial charge on any atom is 0.490 e. The number of hydrogen-bond acceptors (Lipinski definition) is 31. The molecule has 15 N–H and O–H groups in total. The lowest BCUT2D eigenvalue weighted by atomic mass is 9.77. The number of rotatable bonds is 42. The molecule has 0 radical (unpaired) electrons. The zero-order chi connectivity index (χ0) is 83.4. The summed E-state index contributed by atoms with van der Waals surface area (Å²) in [5.41, 5.74) is 6.15. The lowest BCUT2D eigenvalue weighted by molar-refractivity contribution is -0.437. The van der Waals surface area contributed by atoms with Crippen LogP contribution < -0.4 is 16.0 Å². The third-order valence-corrected chi connectivity index (χ3v) is 30.8. The standard InChI is InChI=1S/C56H78N8O37P6S5/c1-55(2)47(63(26-15-29-109(82,83)84)43-22-20-39-40(51(43)55)30-38(111(88,89)90)32-46(39)112(91,92)93)16-8-6-9-17-48-56(3,41-31-37(110(85,86)87)19-21-42(41)62(48)25-14-28-108(79,80)81)23-11-7-10-18-49(66)58-24-12-4-5-13-27-94-102(67,68)97-104(71,72)99-106(75,76)101-107(77,78)100-105(73,74)98-103(69,70)95-34-45-44(65)33-50(96-45)64-36-61-52-53(57)59-35-60-54(52)64/h6,8-9,16-17,19-22,30-32,35-36,44-45,50,65H,4-5,7,10-15,18,23-29,33-34H2,1-3H3,(H13-,57,58,59,60,66,67,68,69,70,71,72,73,74,75,76,77,78,79,80,81,82,83,84,85,86,87,88,89,90,91,92,93)/p+1/t44-,45+,50+,56?/m0/s1. The maximum atomic E-state index is 13.0. The number of ether oxygens (including phenoxy) is 1. The number of carbonyl (C=O) groups is 1. The molecule has 3 aliphatic rings. The van der Waals surface area contributed by atoms with Gasteiger partial charge in [-0.05, 0) is 106 Å². The van der Waals surface area contributed by atoms with Crippen LogP contribution in [-0.2, 0) is 129 Å². The number of amides is 1. The van der Waals surface area contributed by atoms with Crippen LogP contribution in [0.3, 0.4) is 0 Å². The number of nitrogens with zero attached hydrogens (tertiary/aromatic N) is 6. The molecule has 7 unspecified atom stereocenters. The van der Waals surface area contributed by atoms with Crippen molar-refractivity contribution in [2.24, 2.45) is 0 Å². The van der Waals surface area contributed by atoms with Gasteiger partial charge in [-0.25, -0.2) is 42.3 Å². The first-order valence-corrected chi connectivity index (χ1v) is 49.4. The molecule has 5 heterocycles. The van der Waals surface area contributed by atoms with E-state index in [1.807, 2.05) is 0 Å². The van der Waals surface area contributed by atoms with E-state index >= 15 is 0 Å². The summed E-state index contributed by atoms with van der Waals surface area (Å²) in [5, 5.41) is 13.1. The van der Waals surface area contributed by atoms with Crippen molar-refractivity contribution in [1.29, 1.82) is 0 Å². The molecule has 0 spiro atoms. The van der Waals surface area contributed by atoms with Gasteiger partial charge in [0.2, 0.25) is 11.6 Å². The van der Waals surface area contributed by atoms with Gasteiger partial charge < -0.3 is 55.2 Å². The first kappa shape index (κ1) is 92.3. The minimum absolute atomic E-state index is 0.00622. The number of imidazole rings is 1. The van der Waals surface area contributed by atoms with Crippen LogP contribution in [0.25, 0.3) is 21.9 Å². The van der Waals surface area contributed by atoms with Crippen molar-refractivity contribution < 1.29 is 171 Å². The average molecular weight is 1800 g/mol. The van der Waals surface area contributed by atoms with Crippen molar-refractivity contribution in [1.82, 2.24) is 24.8 Å². The van der Waals surface area contributed by atoms with Crippen molar-refractivity contribution in [3.8, 4) is 0 Å². The minimum atomic E-state index is -6.58. The van der Waals surface area contributed by atoms with Gasteiger partial charge in [0, 0.05) is 72.2 Å². The number of allylic oxidation sites excluding steroid dienone is 6. The van der Waals surface area contributed by atoms with Gasteiger partial charge in [-0.3, -0.25) is 41.2 Å². The van der Waals surface area contributed by atoms with Crippen LogP contribution in [0.2, 0.25) is 0 Å². The second-order valence-electron chi connectivity index (χ2n) is 26.0. The van der Waals surface area contributed by atoms with Crippen molar-refractivity contribution in [3.63, 3.8) is 0 Å². The molecular formula is C56H79N8O37P6S5+. The molecular weight excluding hydrogens is 1720 g/mol. The second-order valence-corrected chi connectivity index (χ2v) is 42.8. The van der Waals surface area contributed by atoms with Crippen molar-refractivity contribution in [2.75, 3.05) is 55.0 Å². The molecule has 5 aromatic rings. The van der Waals surface area contributed by atoms with E-state index in [0.717, 1.165) is 18.5 Å². The molecule has 1 saturated heterocycles. The minimum Gasteiger partial charge on any atom is -0.390 e. The Balaban J connectivity index is 0.816. The third kappa shape index (κ3) is 24.9. The van der Waals surface area contributed by atoms with Crippen molar-refractivity contribution in [2.45, 2.75) is 142 Å². The molecule has 56 heteroatoms. The summed E-state index contributed by atoms with van der Waals surface area (Å²) < 4.78 is 284. The highest BCUT2D eigenvalue weighted by Crippen LogP contribution is 2.75. The van der Waals surface area contributed by atoms with Crippen LogP contribution in [0.15, 0.2) is 106 Å². The molecule has 3 aromatic carbocycles. The Morgan fingerprint density at radius 3 is 1.86 bits per heavy atom. The summed E-state index contributed by atoms with van der Waals surface area (Å²) in [6.07, 6.45) is 8.15. The Bertz CT molecular complexity index is 5500. The van der Waals surface area contributed by atoms with Crippen LogP contribution in [0, 0.1) is 0 Å². The SMILES string of the molecule is CC1(C)C(C=CC=CC=C2N(CCCS(=O)(=O)O)c3ccc(S(=O)(=O)O)cc3C2(C)CCCCCC(=O)NCCCCCCOP(=O)(O)OP(=O)(O)OP(=O)(O)OP(=O)(O)OP(=O)(O)OP(=O)(O)OC[C@H]2O[C@@H](n3cnc4c(N)ncnc43)C[C@@H]2O)=[N+](CCCS(=O)(=O)O)c2ccc3c(S(=O)(=O)O)cc(S(=O)(=O)O)cc3c21. The van der Waals surface area contributed by atoms with E-state index in [1.165, 1.54) is 35.2 Å². The topological polar surface area (TPSA) is 695 Å². The predicted octanol–water partition coefficient (Wildman–Crippen LogP) is 6.70. The number of carbonyl (C=O) groups excluding carboxylic acids is 1. The Kier molecular flexibility index (Phi) is 29.3. The number of aliphatic hydroxyl groups is 1. The summed E-state index contributed by atoms with van der Waals surface area (Å²) in [4.78, 5) is 84.1. The molecule has 2 aromatic heterocycles. The van der Waals surface area contributed by atoms with Crippen molar-refractivity contribution in [3.05, 3.63) is 102 Å². The average Bonchev–Trinajstić information content (AvgIpc) is 1.55. The van der Waals surface area contributed by atoms with Gasteiger partial charge in [0.15, 0.2) is 17.2 Å². The summed E-state index contributed by atoms with van der Waals surface area (Å²) in [6, 6.07) is 8.21. The number of nitrogens with one attached hydrogen (secondary N) is 1. The number of nitrogen functional groups attached to an aromatic ring is 1. The fourth-order valence-electron chi connectivity index (χ4n) is 12.7. The molecule has 112 heavy (non-hydrogen) atoms. The van der Waals surface area contributed by atoms with E-state index in [9.17, 15) is 132 Å². The van der Waals surface area contributed by atoms with Crippen molar-refractivity contribution >= 4 is 148 Å². The molecule has 624 valence electrons. The van der Waals surface area contributed by atoms with E-state index < -0.39 is 166 Å². The Labute approximate surface area is 639 Å². The molecule has 45 nitrogen and oxygen atoms in total. The Morgan fingerprint density at radius 1 is 0.661 bits per heavy atom. The quantitative estimate of drug-likeness (QED) is 0.00635. The number of anilines is 2. The number of hydrogen-bond donors (Lipinski definition) is 14. The zero-order valence-electron chi connectivity index (χ0n) is 58.8. The van der Waals surface area contributed by atoms with E-state index in [-0.39, 0.29) is 98.2 Å². The van der Waals surface area contributed by atoms with E-state index in [1.54, 1.807) is 60.6 Å². The third-order valence-electron chi connectivity index (χ3n) is 17.3. The van der Waals surface area contributed by atoms with Gasteiger partial charge in [-0.15, -0.1) is 0 Å². The molecule has 3 aliphatic heterocycles. The fourth-order valence-corrected chi connectivity index (χ4v) is 23.3. The number of aromatic nitrogens is 4. The van der Waals surface area contributed by atoms with E-state index in [0.29, 0.717) is 72.1 Å². The van der Waals surface area contributed by atoms with Crippen LogP contribution in [0.4, 0.5) is 17.2 Å². The Hall–Kier alpha value is -5.24. The van der Waals surface area contributed by atoms with Gasteiger partial charge in [0.05, 0.1) is 52.4 Å². The van der Waals surface area contributed by atoms with Gasteiger partial charge >= 0.3 is 46.9 Å². The predicted molar refractivity (Wildman–Crippen MR) is 391 cm³/mol. The number of phosphoric acid groups is 6. The highest BCUT2D eigenvalue weighted by atomic mass is 32.2. The summed E-state index contributed by atoms with van der Waals surface area (Å²) in [7, 11) is -61.4. The molecule has 0 aliphatic carbocycles. The van der Waals surface area contributed by atoms with E-state index in [2.05, 4.69) is 50.9 Å². The van der Waals surface area contributed by atoms with Crippen LogP contribution in [-0.4, -0.2) is 192 Å². The van der Waals surface area contributed by atoms with Gasteiger partial charge in [-0.2, -0.15) is 68.2 Å². The number of phosphoric ester groups is 2. The van der Waals surface area contributed by atoms with Crippen LogP contribution >= 0.6 is 46.9 Å². The molecule has 10 atom stereocenters.